The highest BCUT2D eigenvalue weighted by atomic mass is 16.2. The molecule has 1 heterocycles. The minimum atomic E-state index is -0.238. The van der Waals surface area contributed by atoms with Crippen LogP contribution in [0.15, 0.2) is 42.5 Å². The molecule has 27 heavy (non-hydrogen) atoms. The van der Waals surface area contributed by atoms with Crippen LogP contribution >= 0.6 is 0 Å². The Bertz CT molecular complexity index is 848. The molecule has 0 aromatic heterocycles. The number of carbonyl (C=O) groups excluding carboxylic acids is 2. The van der Waals surface area contributed by atoms with Gasteiger partial charge >= 0.3 is 6.03 Å². The molecular weight excluding hydrogens is 340 g/mol. The highest BCUT2D eigenvalue weighted by Gasteiger charge is 2.20. The van der Waals surface area contributed by atoms with E-state index in [1.165, 1.54) is 11.1 Å². The van der Waals surface area contributed by atoms with Crippen molar-refractivity contribution >= 4 is 23.3 Å². The number of anilines is 2. The Morgan fingerprint density at radius 1 is 1.11 bits per heavy atom. The lowest BCUT2D eigenvalue weighted by Gasteiger charge is -2.28. The summed E-state index contributed by atoms with van der Waals surface area (Å²) in [5.74, 6) is -0.238. The highest BCUT2D eigenvalue weighted by Crippen LogP contribution is 2.22. The zero-order valence-corrected chi connectivity index (χ0v) is 16.1. The first-order chi connectivity index (χ1) is 12.9. The van der Waals surface area contributed by atoms with Crippen molar-refractivity contribution in [3.63, 3.8) is 0 Å². The van der Waals surface area contributed by atoms with Crippen molar-refractivity contribution in [2.45, 2.75) is 19.9 Å². The second-order valence-electron chi connectivity index (χ2n) is 7.04. The first-order valence-electron chi connectivity index (χ1n) is 9.11. The van der Waals surface area contributed by atoms with Crippen LogP contribution in [0.3, 0.4) is 0 Å². The van der Waals surface area contributed by atoms with Gasteiger partial charge in [-0.05, 0) is 48.2 Å². The van der Waals surface area contributed by atoms with Crippen molar-refractivity contribution in [1.29, 1.82) is 0 Å². The fraction of sp³-hybridized carbons (Fsp3) is 0.333. The van der Waals surface area contributed by atoms with E-state index in [2.05, 4.69) is 16.7 Å². The third kappa shape index (κ3) is 4.58. The minimum Gasteiger partial charge on any atom is -0.377 e. The minimum absolute atomic E-state index is 0.0501. The van der Waals surface area contributed by atoms with Gasteiger partial charge in [-0.15, -0.1) is 0 Å². The molecule has 3 amide bonds. The van der Waals surface area contributed by atoms with Crippen LogP contribution in [0.2, 0.25) is 0 Å². The fourth-order valence-electron chi connectivity index (χ4n) is 3.38. The Hall–Kier alpha value is -3.02. The number of nitrogens with zero attached hydrogens (tertiary/aromatic N) is 2. The Balaban J connectivity index is 1.51. The number of urea groups is 1. The first-order valence-corrected chi connectivity index (χ1v) is 9.11. The smallest absolute Gasteiger partial charge is 0.318 e. The molecule has 0 fully saturated rings. The number of hydrogen-bond donors (Lipinski definition) is 2. The van der Waals surface area contributed by atoms with Gasteiger partial charge in [-0.1, -0.05) is 24.3 Å². The lowest BCUT2D eigenvalue weighted by Crippen LogP contribution is -2.45. The fourth-order valence-corrected chi connectivity index (χ4v) is 3.38. The number of fused-ring (bicyclic) bond motifs is 1. The summed E-state index contributed by atoms with van der Waals surface area (Å²) in [6.45, 7) is 3.19. The normalized spacial score (nSPS) is 12.9. The third-order valence-electron chi connectivity index (χ3n) is 4.78. The van der Waals surface area contributed by atoms with Crippen LogP contribution in [-0.2, 0) is 17.8 Å². The van der Waals surface area contributed by atoms with E-state index in [1.54, 1.807) is 4.90 Å². The molecule has 0 spiro atoms. The molecule has 2 N–H and O–H groups in total. The number of nitrogens with one attached hydrogen (secondary N) is 2. The van der Waals surface area contributed by atoms with E-state index in [-0.39, 0.29) is 18.5 Å². The summed E-state index contributed by atoms with van der Waals surface area (Å²) in [6.07, 6.45) is 0.841. The summed E-state index contributed by atoms with van der Waals surface area (Å²) >= 11 is 0. The monoisotopic (exact) mass is 366 g/mol. The van der Waals surface area contributed by atoms with Crippen molar-refractivity contribution in [1.82, 2.24) is 10.2 Å². The average Bonchev–Trinajstić information content (AvgIpc) is 2.65. The SMILES string of the molecule is Cc1cc(NC(=O)CNC(=O)N2CCc3ccccc3C2)ccc1N(C)C. The summed E-state index contributed by atoms with van der Waals surface area (Å²) in [4.78, 5) is 28.3. The largest absolute Gasteiger partial charge is 0.377 e. The van der Waals surface area contributed by atoms with Gasteiger partial charge in [0.1, 0.15) is 0 Å². The molecule has 0 saturated heterocycles. The molecule has 0 aliphatic carbocycles. The van der Waals surface area contributed by atoms with Gasteiger partial charge in [-0.2, -0.15) is 0 Å². The average molecular weight is 366 g/mol. The lowest BCUT2D eigenvalue weighted by atomic mass is 10.0. The van der Waals surface area contributed by atoms with E-state index in [4.69, 9.17) is 0 Å². The van der Waals surface area contributed by atoms with Crippen LogP contribution in [0.25, 0.3) is 0 Å². The maximum absolute atomic E-state index is 12.4. The molecule has 6 nitrogen and oxygen atoms in total. The van der Waals surface area contributed by atoms with E-state index >= 15 is 0 Å². The molecule has 6 heteroatoms. The quantitative estimate of drug-likeness (QED) is 0.875. The first kappa shape index (κ1) is 18.8. The summed E-state index contributed by atoms with van der Waals surface area (Å²) in [5, 5.41) is 5.55. The van der Waals surface area contributed by atoms with Crippen LogP contribution in [0.5, 0.6) is 0 Å². The van der Waals surface area contributed by atoms with Gasteiger partial charge in [0.05, 0.1) is 6.54 Å². The number of hydrogen-bond acceptors (Lipinski definition) is 3. The van der Waals surface area contributed by atoms with Gasteiger partial charge in [0.2, 0.25) is 5.91 Å². The lowest BCUT2D eigenvalue weighted by molar-refractivity contribution is -0.115. The van der Waals surface area contributed by atoms with Crippen molar-refractivity contribution in [2.75, 3.05) is 37.4 Å². The molecule has 142 valence electrons. The van der Waals surface area contributed by atoms with E-state index in [0.717, 1.165) is 23.4 Å². The zero-order valence-electron chi connectivity index (χ0n) is 16.1. The Morgan fingerprint density at radius 3 is 2.56 bits per heavy atom. The van der Waals surface area contributed by atoms with Crippen molar-refractivity contribution < 1.29 is 9.59 Å². The molecule has 1 aliphatic heterocycles. The predicted octanol–water partition coefficient (Wildman–Crippen LogP) is 2.77. The van der Waals surface area contributed by atoms with Crippen LogP contribution in [-0.4, -0.2) is 44.0 Å². The van der Waals surface area contributed by atoms with Gasteiger partial charge in [-0.25, -0.2) is 4.79 Å². The van der Waals surface area contributed by atoms with Crippen LogP contribution < -0.4 is 15.5 Å². The third-order valence-corrected chi connectivity index (χ3v) is 4.78. The number of carbonyl (C=O) groups is 2. The molecule has 0 saturated carbocycles. The van der Waals surface area contributed by atoms with Crippen LogP contribution in [0, 0.1) is 6.92 Å². The maximum Gasteiger partial charge on any atom is 0.318 e. The Labute approximate surface area is 160 Å². The van der Waals surface area contributed by atoms with E-state index in [9.17, 15) is 9.59 Å². The number of benzene rings is 2. The molecule has 2 aromatic rings. The highest BCUT2D eigenvalue weighted by molar-refractivity contribution is 5.94. The summed E-state index contributed by atoms with van der Waals surface area (Å²) in [7, 11) is 3.96. The van der Waals surface area contributed by atoms with Crippen molar-refractivity contribution in [2.24, 2.45) is 0 Å². The molecule has 0 unspecified atom stereocenters. The second kappa shape index (κ2) is 8.12. The molecule has 2 aromatic carbocycles. The summed E-state index contributed by atoms with van der Waals surface area (Å²) in [6, 6.07) is 13.7. The van der Waals surface area contributed by atoms with E-state index < -0.39 is 0 Å². The Morgan fingerprint density at radius 2 is 1.85 bits per heavy atom. The molecule has 3 rings (SSSR count). The number of aryl methyl sites for hydroxylation is 1. The predicted molar refractivity (Wildman–Crippen MR) is 108 cm³/mol. The summed E-state index contributed by atoms with van der Waals surface area (Å²) < 4.78 is 0. The number of rotatable bonds is 4. The van der Waals surface area contributed by atoms with Gasteiger partial charge < -0.3 is 20.4 Å². The van der Waals surface area contributed by atoms with Gasteiger partial charge in [-0.3, -0.25) is 4.79 Å². The molecule has 0 radical (unpaired) electrons. The topological polar surface area (TPSA) is 64.7 Å². The zero-order chi connectivity index (χ0) is 19.4. The van der Waals surface area contributed by atoms with Gasteiger partial charge in [0.25, 0.3) is 0 Å². The van der Waals surface area contributed by atoms with Gasteiger partial charge in [0, 0.05) is 38.6 Å². The summed E-state index contributed by atoms with van der Waals surface area (Å²) in [5.41, 5.74) is 5.36. The second-order valence-corrected chi connectivity index (χ2v) is 7.04. The molecule has 0 bridgehead atoms. The van der Waals surface area contributed by atoms with E-state index in [0.29, 0.717) is 13.1 Å². The number of amides is 3. The molecule has 1 aliphatic rings. The standard InChI is InChI=1S/C21H26N4O2/c1-15-12-18(8-9-19(15)24(2)3)23-20(26)13-22-21(27)25-11-10-16-6-4-5-7-17(16)14-25/h4-9,12H,10-11,13-14H2,1-3H3,(H,22,27)(H,23,26). The van der Waals surface area contributed by atoms with E-state index in [1.807, 2.05) is 62.3 Å². The van der Waals surface area contributed by atoms with Crippen molar-refractivity contribution in [3.05, 3.63) is 59.2 Å². The van der Waals surface area contributed by atoms with Crippen LogP contribution in [0.1, 0.15) is 16.7 Å². The maximum atomic E-state index is 12.4. The van der Waals surface area contributed by atoms with Gasteiger partial charge in [0.15, 0.2) is 0 Å². The molecule has 0 atom stereocenters. The van der Waals surface area contributed by atoms with Crippen LogP contribution in [0.4, 0.5) is 16.2 Å². The Kier molecular flexibility index (Phi) is 5.64. The van der Waals surface area contributed by atoms with Crippen molar-refractivity contribution in [3.8, 4) is 0 Å². The molecular formula is C21H26N4O2.